The third kappa shape index (κ3) is 5.93. The Hall–Kier alpha value is -2.13. The van der Waals surface area contributed by atoms with Gasteiger partial charge < -0.3 is 10.1 Å². The van der Waals surface area contributed by atoms with Crippen LogP contribution in [0, 0.1) is 0 Å². The highest BCUT2D eigenvalue weighted by molar-refractivity contribution is 7.89. The summed E-state index contributed by atoms with van der Waals surface area (Å²) in [5.41, 5.74) is 0.424. The lowest BCUT2D eigenvalue weighted by molar-refractivity contribution is -0.119. The van der Waals surface area contributed by atoms with E-state index in [1.807, 2.05) is 0 Å². The molecule has 1 amide bonds. The minimum absolute atomic E-state index is 0.0619. The molecule has 0 saturated carbocycles. The van der Waals surface area contributed by atoms with Gasteiger partial charge in [-0.2, -0.15) is 4.31 Å². The van der Waals surface area contributed by atoms with Crippen molar-refractivity contribution in [2.75, 3.05) is 25.0 Å². The Balaban J connectivity index is 2.02. The van der Waals surface area contributed by atoms with Gasteiger partial charge in [-0.1, -0.05) is 43.1 Å². The minimum atomic E-state index is -3.66. The summed E-state index contributed by atoms with van der Waals surface area (Å²) in [5.74, 6) is -1.35. The second-order valence-corrected chi connectivity index (χ2v) is 8.62. The number of carbonyl (C=O) groups is 2. The van der Waals surface area contributed by atoms with E-state index in [0.29, 0.717) is 18.1 Å². The predicted molar refractivity (Wildman–Crippen MR) is 112 cm³/mol. The van der Waals surface area contributed by atoms with Crippen molar-refractivity contribution in [2.45, 2.75) is 18.7 Å². The SMILES string of the molecule is CCN(CC)S(=O)(=O)c1cccc(NC(=O)COC(=O)c2ccc(Cl)c(Cl)c2)c1. The number of esters is 1. The second kappa shape index (κ2) is 10.1. The van der Waals surface area contributed by atoms with Crippen LogP contribution in [0.15, 0.2) is 47.4 Å². The number of nitrogens with zero attached hydrogens (tertiary/aromatic N) is 1. The van der Waals surface area contributed by atoms with Gasteiger partial charge in [0.05, 0.1) is 20.5 Å². The lowest BCUT2D eigenvalue weighted by Gasteiger charge is -2.18. The topological polar surface area (TPSA) is 92.8 Å². The molecule has 0 atom stereocenters. The van der Waals surface area contributed by atoms with Gasteiger partial charge in [0.2, 0.25) is 10.0 Å². The quantitative estimate of drug-likeness (QED) is 0.606. The van der Waals surface area contributed by atoms with Crippen molar-refractivity contribution in [3.63, 3.8) is 0 Å². The number of hydrogen-bond donors (Lipinski definition) is 1. The zero-order valence-electron chi connectivity index (χ0n) is 15.8. The molecular weight excluding hydrogens is 439 g/mol. The summed E-state index contributed by atoms with van der Waals surface area (Å²) in [4.78, 5) is 24.1. The van der Waals surface area contributed by atoms with E-state index in [1.54, 1.807) is 19.9 Å². The molecule has 2 aromatic carbocycles. The van der Waals surface area contributed by atoms with Crippen molar-refractivity contribution >= 4 is 50.8 Å². The molecule has 0 heterocycles. The third-order valence-electron chi connectivity index (χ3n) is 3.95. The summed E-state index contributed by atoms with van der Waals surface area (Å²) < 4.78 is 31.4. The zero-order chi connectivity index (χ0) is 21.6. The number of ether oxygens (including phenoxy) is 1. The van der Waals surface area contributed by atoms with Gasteiger partial charge in [0, 0.05) is 18.8 Å². The smallest absolute Gasteiger partial charge is 0.338 e. The molecule has 0 aliphatic heterocycles. The normalized spacial score (nSPS) is 11.3. The second-order valence-electron chi connectivity index (χ2n) is 5.87. The first-order valence-corrected chi connectivity index (χ1v) is 10.9. The number of amides is 1. The van der Waals surface area contributed by atoms with Crippen molar-refractivity contribution in [3.05, 3.63) is 58.1 Å². The fourth-order valence-electron chi connectivity index (χ4n) is 2.48. The molecule has 0 bridgehead atoms. The van der Waals surface area contributed by atoms with Crippen LogP contribution >= 0.6 is 23.2 Å². The summed E-state index contributed by atoms with van der Waals surface area (Å²) >= 11 is 11.6. The van der Waals surface area contributed by atoms with Crippen LogP contribution in [-0.4, -0.2) is 44.3 Å². The molecule has 0 radical (unpaired) electrons. The maximum absolute atomic E-state index is 12.6. The van der Waals surface area contributed by atoms with E-state index in [0.717, 1.165) is 0 Å². The zero-order valence-corrected chi connectivity index (χ0v) is 18.1. The number of benzene rings is 2. The van der Waals surface area contributed by atoms with Crippen molar-refractivity contribution in [3.8, 4) is 0 Å². The van der Waals surface area contributed by atoms with Crippen LogP contribution in [0.4, 0.5) is 5.69 Å². The molecule has 1 N–H and O–H groups in total. The summed E-state index contributed by atoms with van der Waals surface area (Å²) in [7, 11) is -3.66. The number of anilines is 1. The number of hydrogen-bond acceptors (Lipinski definition) is 5. The first-order chi connectivity index (χ1) is 13.7. The summed E-state index contributed by atoms with van der Waals surface area (Å²) in [6.07, 6.45) is 0. The maximum Gasteiger partial charge on any atom is 0.338 e. The predicted octanol–water partition coefficient (Wildman–Crippen LogP) is 3.82. The Morgan fingerprint density at radius 1 is 1.03 bits per heavy atom. The van der Waals surface area contributed by atoms with Crippen LogP contribution in [0.3, 0.4) is 0 Å². The average molecular weight is 459 g/mol. The molecule has 0 spiro atoms. The highest BCUT2D eigenvalue weighted by Crippen LogP contribution is 2.23. The van der Waals surface area contributed by atoms with Crippen LogP contribution in [-0.2, 0) is 19.6 Å². The van der Waals surface area contributed by atoms with Gasteiger partial charge in [0.15, 0.2) is 6.61 Å². The van der Waals surface area contributed by atoms with Gasteiger partial charge in [0.25, 0.3) is 5.91 Å². The first-order valence-electron chi connectivity index (χ1n) is 8.71. The fraction of sp³-hybridized carbons (Fsp3) is 0.263. The number of halogens is 2. The van der Waals surface area contributed by atoms with E-state index in [4.69, 9.17) is 27.9 Å². The first kappa shape index (κ1) is 23.2. The molecule has 0 unspecified atom stereocenters. The van der Waals surface area contributed by atoms with E-state index in [2.05, 4.69) is 5.32 Å². The Kier molecular flexibility index (Phi) is 8.04. The number of rotatable bonds is 8. The van der Waals surface area contributed by atoms with Crippen LogP contribution in [0.1, 0.15) is 24.2 Å². The highest BCUT2D eigenvalue weighted by Gasteiger charge is 2.22. The van der Waals surface area contributed by atoms with Crippen molar-refractivity contribution in [1.29, 1.82) is 0 Å². The Bertz CT molecular complexity index is 1010. The number of sulfonamides is 1. The molecule has 2 rings (SSSR count). The molecule has 0 aromatic heterocycles. The molecule has 0 saturated heterocycles. The van der Waals surface area contributed by atoms with E-state index >= 15 is 0 Å². The average Bonchev–Trinajstić information content (AvgIpc) is 2.69. The Morgan fingerprint density at radius 2 is 1.72 bits per heavy atom. The third-order valence-corrected chi connectivity index (χ3v) is 6.74. The lowest BCUT2D eigenvalue weighted by Crippen LogP contribution is -2.30. The Morgan fingerprint density at radius 3 is 2.34 bits per heavy atom. The van der Waals surface area contributed by atoms with Gasteiger partial charge in [-0.15, -0.1) is 0 Å². The number of carbonyl (C=O) groups excluding carboxylic acids is 2. The van der Waals surface area contributed by atoms with Crippen molar-refractivity contribution in [2.24, 2.45) is 0 Å². The molecular formula is C19H20Cl2N2O5S. The molecule has 0 aliphatic rings. The van der Waals surface area contributed by atoms with Gasteiger partial charge in [0.1, 0.15) is 0 Å². The van der Waals surface area contributed by atoms with E-state index in [-0.39, 0.29) is 21.2 Å². The van der Waals surface area contributed by atoms with E-state index < -0.39 is 28.5 Å². The van der Waals surface area contributed by atoms with Gasteiger partial charge >= 0.3 is 5.97 Å². The van der Waals surface area contributed by atoms with Crippen molar-refractivity contribution < 1.29 is 22.7 Å². The monoisotopic (exact) mass is 458 g/mol. The van der Waals surface area contributed by atoms with Crippen LogP contribution in [0.25, 0.3) is 0 Å². The molecule has 0 fully saturated rings. The maximum atomic E-state index is 12.6. The highest BCUT2D eigenvalue weighted by atomic mass is 35.5. The summed E-state index contributed by atoms with van der Waals surface area (Å²) in [5, 5.41) is 2.99. The minimum Gasteiger partial charge on any atom is -0.452 e. The molecule has 29 heavy (non-hydrogen) atoms. The van der Waals surface area contributed by atoms with Crippen LogP contribution < -0.4 is 5.32 Å². The van der Waals surface area contributed by atoms with Crippen LogP contribution in [0.2, 0.25) is 10.0 Å². The molecule has 7 nitrogen and oxygen atoms in total. The molecule has 0 aliphatic carbocycles. The summed E-state index contributed by atoms with van der Waals surface area (Å²) in [6.45, 7) is 3.61. The molecule has 10 heteroatoms. The van der Waals surface area contributed by atoms with E-state index in [1.165, 1.54) is 40.7 Å². The van der Waals surface area contributed by atoms with Gasteiger partial charge in [-0.3, -0.25) is 4.79 Å². The van der Waals surface area contributed by atoms with Crippen LogP contribution in [0.5, 0.6) is 0 Å². The Labute approximate surface area is 179 Å². The molecule has 156 valence electrons. The largest absolute Gasteiger partial charge is 0.452 e. The fourth-order valence-corrected chi connectivity index (χ4v) is 4.28. The van der Waals surface area contributed by atoms with Gasteiger partial charge in [-0.25, -0.2) is 13.2 Å². The standard InChI is InChI=1S/C19H20Cl2N2O5S/c1-3-23(4-2)29(26,27)15-7-5-6-14(11-15)22-18(24)12-28-19(25)13-8-9-16(20)17(21)10-13/h5-11H,3-4,12H2,1-2H3,(H,22,24). The summed E-state index contributed by atoms with van der Waals surface area (Å²) in [6, 6.07) is 10.1. The van der Waals surface area contributed by atoms with Crippen molar-refractivity contribution in [1.82, 2.24) is 4.31 Å². The molecule has 2 aromatic rings. The van der Waals surface area contributed by atoms with E-state index in [9.17, 15) is 18.0 Å². The lowest BCUT2D eigenvalue weighted by atomic mass is 10.2. The number of nitrogens with one attached hydrogen (secondary N) is 1. The van der Waals surface area contributed by atoms with Gasteiger partial charge in [-0.05, 0) is 36.4 Å².